The molecule has 0 amide bonds. The number of aromatic nitrogens is 1. The SMILES string of the molecule is CCc1occc1C(Br)Cc1ccc2ccccc2n1. The van der Waals surface area contributed by atoms with Gasteiger partial charge in [0.05, 0.1) is 11.8 Å². The van der Waals surface area contributed by atoms with Crippen LogP contribution in [0.3, 0.4) is 0 Å². The molecule has 3 aromatic rings. The van der Waals surface area contributed by atoms with Crippen LogP contribution in [0.1, 0.15) is 28.8 Å². The predicted molar refractivity (Wildman–Crippen MR) is 85.2 cm³/mol. The van der Waals surface area contributed by atoms with E-state index in [-0.39, 0.29) is 4.83 Å². The minimum absolute atomic E-state index is 0.241. The molecule has 2 nitrogen and oxygen atoms in total. The molecule has 1 aromatic carbocycles. The number of nitrogens with zero attached hydrogens (tertiary/aromatic N) is 1. The van der Waals surface area contributed by atoms with E-state index in [0.717, 1.165) is 29.8 Å². The monoisotopic (exact) mass is 329 g/mol. The van der Waals surface area contributed by atoms with E-state index in [0.29, 0.717) is 0 Å². The number of para-hydroxylation sites is 1. The zero-order valence-electron chi connectivity index (χ0n) is 11.3. The summed E-state index contributed by atoms with van der Waals surface area (Å²) in [5, 5.41) is 1.18. The maximum Gasteiger partial charge on any atom is 0.107 e. The Morgan fingerprint density at radius 3 is 2.85 bits per heavy atom. The maximum atomic E-state index is 5.49. The summed E-state index contributed by atoms with van der Waals surface area (Å²) in [6, 6.07) is 14.5. The third-order valence-electron chi connectivity index (χ3n) is 3.48. The first-order chi connectivity index (χ1) is 9.78. The lowest BCUT2D eigenvalue weighted by Crippen LogP contribution is -1.99. The van der Waals surface area contributed by atoms with Crippen LogP contribution in [-0.2, 0) is 12.8 Å². The van der Waals surface area contributed by atoms with Crippen molar-refractivity contribution < 1.29 is 4.42 Å². The summed E-state index contributed by atoms with van der Waals surface area (Å²) >= 11 is 3.76. The first kappa shape index (κ1) is 13.4. The van der Waals surface area contributed by atoms with E-state index in [1.54, 1.807) is 6.26 Å². The van der Waals surface area contributed by atoms with Crippen molar-refractivity contribution in [3.8, 4) is 0 Å². The molecule has 3 heteroatoms. The van der Waals surface area contributed by atoms with Crippen LogP contribution in [0.4, 0.5) is 0 Å². The molecule has 0 spiro atoms. The fourth-order valence-electron chi connectivity index (χ4n) is 2.43. The highest BCUT2D eigenvalue weighted by molar-refractivity contribution is 9.09. The van der Waals surface area contributed by atoms with E-state index in [4.69, 9.17) is 9.40 Å². The molecular weight excluding hydrogens is 314 g/mol. The van der Waals surface area contributed by atoms with Crippen molar-refractivity contribution in [2.75, 3.05) is 0 Å². The van der Waals surface area contributed by atoms with Crippen LogP contribution in [0.5, 0.6) is 0 Å². The average molecular weight is 330 g/mol. The smallest absolute Gasteiger partial charge is 0.107 e. The molecular formula is C17H16BrNO. The molecule has 0 bridgehead atoms. The zero-order valence-corrected chi connectivity index (χ0v) is 12.9. The lowest BCUT2D eigenvalue weighted by molar-refractivity contribution is 0.511. The Kier molecular flexibility index (Phi) is 3.88. The average Bonchev–Trinajstić information content (AvgIpc) is 2.95. The predicted octanol–water partition coefficient (Wildman–Crippen LogP) is 5.07. The fourth-order valence-corrected chi connectivity index (χ4v) is 3.17. The third-order valence-corrected chi connectivity index (χ3v) is 4.30. The second-order valence-electron chi connectivity index (χ2n) is 4.82. The van der Waals surface area contributed by atoms with Gasteiger partial charge in [0.25, 0.3) is 0 Å². The first-order valence-corrected chi connectivity index (χ1v) is 7.74. The number of pyridine rings is 1. The Balaban J connectivity index is 1.85. The third kappa shape index (κ3) is 2.63. The Morgan fingerprint density at radius 2 is 2.00 bits per heavy atom. The van der Waals surface area contributed by atoms with Gasteiger partial charge in [0.15, 0.2) is 0 Å². The van der Waals surface area contributed by atoms with Gasteiger partial charge in [-0.2, -0.15) is 0 Å². The first-order valence-electron chi connectivity index (χ1n) is 6.83. The molecule has 0 aliphatic carbocycles. The number of hydrogen-bond acceptors (Lipinski definition) is 2. The van der Waals surface area contributed by atoms with Crippen molar-refractivity contribution >= 4 is 26.8 Å². The highest BCUT2D eigenvalue weighted by Gasteiger charge is 2.15. The number of halogens is 1. The summed E-state index contributed by atoms with van der Waals surface area (Å²) in [4.78, 5) is 4.96. The van der Waals surface area contributed by atoms with Crippen molar-refractivity contribution in [1.29, 1.82) is 0 Å². The van der Waals surface area contributed by atoms with E-state index in [1.807, 2.05) is 18.2 Å². The van der Waals surface area contributed by atoms with E-state index in [1.165, 1.54) is 10.9 Å². The van der Waals surface area contributed by atoms with Gasteiger partial charge in [-0.3, -0.25) is 4.98 Å². The number of benzene rings is 1. The minimum Gasteiger partial charge on any atom is -0.469 e. The molecule has 0 aliphatic heterocycles. The van der Waals surface area contributed by atoms with E-state index < -0.39 is 0 Å². The molecule has 0 aliphatic rings. The number of hydrogen-bond donors (Lipinski definition) is 0. The van der Waals surface area contributed by atoms with E-state index >= 15 is 0 Å². The zero-order chi connectivity index (χ0) is 13.9. The molecule has 3 rings (SSSR count). The molecule has 0 saturated carbocycles. The van der Waals surface area contributed by atoms with Crippen LogP contribution in [-0.4, -0.2) is 4.98 Å². The van der Waals surface area contributed by atoms with Crippen molar-refractivity contribution in [3.05, 3.63) is 65.7 Å². The lowest BCUT2D eigenvalue weighted by Gasteiger charge is -2.10. The van der Waals surface area contributed by atoms with Crippen LogP contribution < -0.4 is 0 Å². The summed E-state index contributed by atoms with van der Waals surface area (Å²) in [5.74, 6) is 1.05. The molecule has 0 radical (unpaired) electrons. The van der Waals surface area contributed by atoms with Gasteiger partial charge in [-0.1, -0.05) is 47.1 Å². The highest BCUT2D eigenvalue weighted by atomic mass is 79.9. The normalized spacial score (nSPS) is 12.7. The van der Waals surface area contributed by atoms with Crippen LogP contribution in [0, 0.1) is 0 Å². The highest BCUT2D eigenvalue weighted by Crippen LogP contribution is 2.30. The molecule has 1 unspecified atom stereocenters. The van der Waals surface area contributed by atoms with E-state index in [2.05, 4.69) is 47.1 Å². The van der Waals surface area contributed by atoms with Gasteiger partial charge in [0.2, 0.25) is 0 Å². The van der Waals surface area contributed by atoms with Gasteiger partial charge >= 0.3 is 0 Å². The Hall–Kier alpha value is -1.61. The fraction of sp³-hybridized carbons (Fsp3) is 0.235. The summed E-state index contributed by atoms with van der Waals surface area (Å²) in [6.45, 7) is 2.11. The Labute approximate surface area is 127 Å². The quantitative estimate of drug-likeness (QED) is 0.624. The molecule has 0 N–H and O–H groups in total. The Morgan fingerprint density at radius 1 is 1.15 bits per heavy atom. The van der Waals surface area contributed by atoms with Gasteiger partial charge in [-0.15, -0.1) is 0 Å². The van der Waals surface area contributed by atoms with Crippen LogP contribution in [0.2, 0.25) is 0 Å². The summed E-state index contributed by atoms with van der Waals surface area (Å²) in [5.41, 5.74) is 3.36. The second kappa shape index (κ2) is 5.80. The van der Waals surface area contributed by atoms with Crippen LogP contribution >= 0.6 is 15.9 Å². The van der Waals surface area contributed by atoms with E-state index in [9.17, 15) is 0 Å². The lowest BCUT2D eigenvalue weighted by atomic mass is 10.1. The molecule has 0 saturated heterocycles. The van der Waals surface area contributed by atoms with Crippen LogP contribution in [0.15, 0.2) is 53.1 Å². The molecule has 2 heterocycles. The topological polar surface area (TPSA) is 26.0 Å². The summed E-state index contributed by atoms with van der Waals surface area (Å²) in [6.07, 6.45) is 3.53. The minimum atomic E-state index is 0.241. The van der Waals surface area contributed by atoms with Gasteiger partial charge < -0.3 is 4.42 Å². The number of aryl methyl sites for hydroxylation is 1. The molecule has 20 heavy (non-hydrogen) atoms. The number of fused-ring (bicyclic) bond motifs is 1. The van der Waals surface area contributed by atoms with Gasteiger partial charge in [0, 0.05) is 34.3 Å². The van der Waals surface area contributed by atoms with Gasteiger partial charge in [0.1, 0.15) is 5.76 Å². The second-order valence-corrected chi connectivity index (χ2v) is 5.92. The molecule has 0 fully saturated rings. The number of furan rings is 1. The van der Waals surface area contributed by atoms with Crippen molar-refractivity contribution in [2.24, 2.45) is 0 Å². The standard InChI is InChI=1S/C17H16BrNO/c1-2-17-14(9-10-20-17)15(18)11-13-8-7-12-5-3-4-6-16(12)19-13/h3-10,15H,2,11H2,1H3. The molecule has 1 atom stereocenters. The molecule has 2 aromatic heterocycles. The number of alkyl halides is 1. The summed E-state index contributed by atoms with van der Waals surface area (Å²) < 4.78 is 5.49. The summed E-state index contributed by atoms with van der Waals surface area (Å²) in [7, 11) is 0. The Bertz CT molecular complexity index is 720. The van der Waals surface area contributed by atoms with Gasteiger partial charge in [-0.05, 0) is 18.2 Å². The largest absolute Gasteiger partial charge is 0.469 e. The number of rotatable bonds is 4. The van der Waals surface area contributed by atoms with Crippen molar-refractivity contribution in [3.63, 3.8) is 0 Å². The molecule has 102 valence electrons. The van der Waals surface area contributed by atoms with Crippen molar-refractivity contribution in [2.45, 2.75) is 24.6 Å². The van der Waals surface area contributed by atoms with Gasteiger partial charge in [-0.25, -0.2) is 0 Å². The maximum absolute atomic E-state index is 5.49. The van der Waals surface area contributed by atoms with Crippen molar-refractivity contribution in [1.82, 2.24) is 4.98 Å². The van der Waals surface area contributed by atoms with Crippen LogP contribution in [0.25, 0.3) is 10.9 Å².